The second-order valence-electron chi connectivity index (χ2n) is 5.56. The van der Waals surface area contributed by atoms with Gasteiger partial charge in [0.25, 0.3) is 0 Å². The van der Waals surface area contributed by atoms with Crippen LogP contribution in [0, 0.1) is 5.41 Å². The highest BCUT2D eigenvalue weighted by Crippen LogP contribution is 2.44. The number of pyridine rings is 1. The lowest BCUT2D eigenvalue weighted by molar-refractivity contribution is 0.238. The van der Waals surface area contributed by atoms with E-state index in [1.54, 1.807) is 18.5 Å². The van der Waals surface area contributed by atoms with Gasteiger partial charge in [-0.05, 0) is 42.7 Å². The van der Waals surface area contributed by atoms with Crippen LogP contribution in [0.1, 0.15) is 12.8 Å². The number of rotatable bonds is 5. The lowest BCUT2D eigenvalue weighted by atomic mass is 10.1. The summed E-state index contributed by atoms with van der Waals surface area (Å²) in [5.41, 5.74) is 7.79. The van der Waals surface area contributed by atoms with Crippen LogP contribution in [0.15, 0.2) is 36.7 Å². The molecule has 1 heterocycles. The van der Waals surface area contributed by atoms with Crippen molar-refractivity contribution in [2.24, 2.45) is 11.1 Å². The summed E-state index contributed by atoms with van der Waals surface area (Å²) in [5, 5.41) is 1.20. The number of ether oxygens (including phenoxy) is 1. The Morgan fingerprint density at radius 2 is 1.76 bits per heavy atom. The van der Waals surface area contributed by atoms with Crippen LogP contribution in [0.3, 0.4) is 0 Å². The van der Waals surface area contributed by atoms with E-state index >= 15 is 0 Å². The van der Waals surface area contributed by atoms with Crippen LogP contribution >= 0.6 is 23.2 Å². The van der Waals surface area contributed by atoms with E-state index in [0.29, 0.717) is 23.2 Å². The maximum atomic E-state index is 6.04. The topological polar surface area (TPSA) is 48.1 Å². The van der Waals surface area contributed by atoms with E-state index in [9.17, 15) is 0 Å². The molecule has 1 saturated carbocycles. The molecule has 0 unspecified atom stereocenters. The number of halogens is 2. The molecule has 1 aromatic heterocycles. The number of benzene rings is 1. The maximum Gasteiger partial charge on any atom is 0.138 e. The van der Waals surface area contributed by atoms with Crippen molar-refractivity contribution >= 4 is 23.2 Å². The third kappa shape index (κ3) is 3.49. The first-order valence-corrected chi connectivity index (χ1v) is 7.60. The first kappa shape index (κ1) is 14.6. The fourth-order valence-corrected chi connectivity index (χ4v) is 2.72. The van der Waals surface area contributed by atoms with Crippen LogP contribution in [0.5, 0.6) is 5.75 Å². The molecule has 2 N–H and O–H groups in total. The molecule has 3 nitrogen and oxygen atoms in total. The first-order chi connectivity index (χ1) is 10.1. The Morgan fingerprint density at radius 1 is 1.05 bits per heavy atom. The van der Waals surface area contributed by atoms with E-state index in [2.05, 4.69) is 4.98 Å². The van der Waals surface area contributed by atoms with Crippen LogP contribution in [-0.2, 0) is 0 Å². The highest BCUT2D eigenvalue weighted by Gasteiger charge is 2.42. The molecule has 1 fully saturated rings. The molecule has 110 valence electrons. The van der Waals surface area contributed by atoms with Gasteiger partial charge in [0.05, 0.1) is 12.8 Å². The predicted octanol–water partition coefficient (Wildman–Crippen LogP) is 4.17. The Balaban J connectivity index is 1.79. The Labute approximate surface area is 134 Å². The van der Waals surface area contributed by atoms with Gasteiger partial charge in [0.1, 0.15) is 5.75 Å². The van der Waals surface area contributed by atoms with E-state index in [-0.39, 0.29) is 5.41 Å². The molecule has 0 saturated heterocycles. The maximum absolute atomic E-state index is 6.04. The molecule has 0 radical (unpaired) electrons. The molecule has 3 rings (SSSR count). The standard InChI is InChI=1S/C16H16Cl2N2O/c17-13-3-11(4-14(18)6-13)12-5-15(8-20-7-12)21-10-16(9-19)1-2-16/h3-8H,1-2,9-10,19H2. The molecule has 0 amide bonds. The van der Waals surface area contributed by atoms with Gasteiger partial charge in [0.2, 0.25) is 0 Å². The average Bonchev–Trinajstić information content (AvgIpc) is 3.25. The zero-order chi connectivity index (χ0) is 14.9. The Morgan fingerprint density at radius 3 is 2.38 bits per heavy atom. The minimum Gasteiger partial charge on any atom is -0.491 e. The summed E-state index contributed by atoms with van der Waals surface area (Å²) in [6.45, 7) is 1.31. The average molecular weight is 323 g/mol. The van der Waals surface area contributed by atoms with Gasteiger partial charge in [-0.15, -0.1) is 0 Å². The zero-order valence-corrected chi connectivity index (χ0v) is 13.0. The van der Waals surface area contributed by atoms with Gasteiger partial charge in [0, 0.05) is 33.8 Å². The largest absolute Gasteiger partial charge is 0.491 e. The molecular weight excluding hydrogens is 307 g/mol. The summed E-state index contributed by atoms with van der Waals surface area (Å²) < 4.78 is 5.84. The highest BCUT2D eigenvalue weighted by molar-refractivity contribution is 6.35. The highest BCUT2D eigenvalue weighted by atomic mass is 35.5. The normalized spacial score (nSPS) is 15.8. The second-order valence-corrected chi connectivity index (χ2v) is 6.43. The Bertz CT molecular complexity index is 636. The van der Waals surface area contributed by atoms with Gasteiger partial charge in [0.15, 0.2) is 0 Å². The number of nitrogens with two attached hydrogens (primary N) is 1. The summed E-state index contributed by atoms with van der Waals surface area (Å²) in [4.78, 5) is 4.22. The van der Waals surface area contributed by atoms with Crippen molar-refractivity contribution in [2.45, 2.75) is 12.8 Å². The van der Waals surface area contributed by atoms with E-state index in [0.717, 1.165) is 29.7 Å². The van der Waals surface area contributed by atoms with Crippen LogP contribution in [0.2, 0.25) is 10.0 Å². The van der Waals surface area contributed by atoms with E-state index in [1.807, 2.05) is 18.2 Å². The van der Waals surface area contributed by atoms with Crippen molar-refractivity contribution in [1.29, 1.82) is 0 Å². The molecule has 0 atom stereocenters. The molecular formula is C16H16Cl2N2O. The van der Waals surface area contributed by atoms with Crippen molar-refractivity contribution < 1.29 is 4.74 Å². The van der Waals surface area contributed by atoms with Gasteiger partial charge < -0.3 is 10.5 Å². The van der Waals surface area contributed by atoms with Crippen LogP contribution in [0.25, 0.3) is 11.1 Å². The van der Waals surface area contributed by atoms with Gasteiger partial charge in [-0.2, -0.15) is 0 Å². The van der Waals surface area contributed by atoms with Crippen molar-refractivity contribution in [2.75, 3.05) is 13.2 Å². The number of aromatic nitrogens is 1. The minimum absolute atomic E-state index is 0.176. The Kier molecular flexibility index (Phi) is 4.07. The monoisotopic (exact) mass is 322 g/mol. The van der Waals surface area contributed by atoms with Crippen LogP contribution < -0.4 is 10.5 Å². The first-order valence-electron chi connectivity index (χ1n) is 6.85. The quantitative estimate of drug-likeness (QED) is 0.898. The van der Waals surface area contributed by atoms with Gasteiger partial charge >= 0.3 is 0 Å². The fraction of sp³-hybridized carbons (Fsp3) is 0.312. The molecule has 0 aliphatic heterocycles. The van der Waals surface area contributed by atoms with E-state index in [4.69, 9.17) is 33.7 Å². The summed E-state index contributed by atoms with van der Waals surface area (Å²) >= 11 is 12.1. The van der Waals surface area contributed by atoms with Crippen molar-refractivity contribution in [3.63, 3.8) is 0 Å². The van der Waals surface area contributed by atoms with Gasteiger partial charge in [-0.1, -0.05) is 23.2 Å². The molecule has 5 heteroatoms. The summed E-state index contributed by atoms with van der Waals surface area (Å²) in [7, 11) is 0. The van der Waals surface area contributed by atoms with Gasteiger partial charge in [-0.25, -0.2) is 0 Å². The fourth-order valence-electron chi connectivity index (χ4n) is 2.20. The summed E-state index contributed by atoms with van der Waals surface area (Å²) in [5.74, 6) is 0.739. The predicted molar refractivity (Wildman–Crippen MR) is 85.9 cm³/mol. The molecule has 2 aromatic rings. The second kappa shape index (κ2) is 5.84. The zero-order valence-electron chi connectivity index (χ0n) is 11.5. The molecule has 0 bridgehead atoms. The molecule has 1 aromatic carbocycles. The van der Waals surface area contributed by atoms with Crippen molar-refractivity contribution in [3.05, 3.63) is 46.7 Å². The SMILES string of the molecule is NCC1(COc2cncc(-c3cc(Cl)cc(Cl)c3)c2)CC1. The number of hydrogen-bond acceptors (Lipinski definition) is 3. The summed E-state index contributed by atoms with van der Waals surface area (Å²) in [6, 6.07) is 7.37. The number of nitrogens with zero attached hydrogens (tertiary/aromatic N) is 1. The summed E-state index contributed by atoms with van der Waals surface area (Å²) in [6.07, 6.45) is 5.76. The third-order valence-corrected chi connectivity index (χ3v) is 4.28. The Hall–Kier alpha value is -1.29. The van der Waals surface area contributed by atoms with E-state index in [1.165, 1.54) is 0 Å². The molecule has 0 spiro atoms. The number of hydrogen-bond donors (Lipinski definition) is 1. The molecule has 1 aliphatic carbocycles. The third-order valence-electron chi connectivity index (χ3n) is 3.84. The lowest BCUT2D eigenvalue weighted by Gasteiger charge is -2.14. The smallest absolute Gasteiger partial charge is 0.138 e. The molecule has 1 aliphatic rings. The van der Waals surface area contributed by atoms with E-state index < -0.39 is 0 Å². The van der Waals surface area contributed by atoms with Crippen LogP contribution in [0.4, 0.5) is 0 Å². The van der Waals surface area contributed by atoms with Crippen molar-refractivity contribution in [1.82, 2.24) is 4.98 Å². The van der Waals surface area contributed by atoms with Crippen LogP contribution in [-0.4, -0.2) is 18.1 Å². The van der Waals surface area contributed by atoms with Gasteiger partial charge in [-0.3, -0.25) is 4.98 Å². The minimum atomic E-state index is 0.176. The van der Waals surface area contributed by atoms with Crippen molar-refractivity contribution in [3.8, 4) is 16.9 Å². The lowest BCUT2D eigenvalue weighted by Crippen LogP contribution is -2.22. The molecule has 21 heavy (non-hydrogen) atoms.